The fourth-order valence-electron chi connectivity index (χ4n) is 5.85. The maximum Gasteiger partial charge on any atom is 0.409 e. The highest BCUT2D eigenvalue weighted by molar-refractivity contribution is 5.68. The summed E-state index contributed by atoms with van der Waals surface area (Å²) in [4.78, 5) is 21.0. The second-order valence-corrected chi connectivity index (χ2v) is 9.01. The van der Waals surface area contributed by atoms with E-state index in [1.807, 2.05) is 11.8 Å². The predicted molar refractivity (Wildman–Crippen MR) is 106 cm³/mol. The second kappa shape index (κ2) is 7.82. The molecule has 0 bridgehead atoms. The highest BCUT2D eigenvalue weighted by Gasteiger charge is 2.51. The van der Waals surface area contributed by atoms with E-state index in [4.69, 9.17) is 10.00 Å². The molecule has 0 aromatic heterocycles. The molecule has 3 fully saturated rings. The molecule has 154 valence electrons. The summed E-state index contributed by atoms with van der Waals surface area (Å²) in [6.45, 7) is 6.82. The van der Waals surface area contributed by atoms with Crippen LogP contribution in [0.25, 0.3) is 0 Å². The van der Waals surface area contributed by atoms with Gasteiger partial charge in [-0.3, -0.25) is 0 Å². The summed E-state index contributed by atoms with van der Waals surface area (Å²) in [5, 5.41) is 9.08. The van der Waals surface area contributed by atoms with Crippen molar-refractivity contribution in [3.8, 4) is 6.07 Å². The van der Waals surface area contributed by atoms with Crippen molar-refractivity contribution in [2.75, 3.05) is 46.4 Å². The van der Waals surface area contributed by atoms with Gasteiger partial charge in [-0.15, -0.1) is 0 Å². The summed E-state index contributed by atoms with van der Waals surface area (Å²) in [5.41, 5.74) is 0.341. The number of hydrogen-bond donors (Lipinski definition) is 0. The number of rotatable bonds is 4. The van der Waals surface area contributed by atoms with Gasteiger partial charge in [-0.05, 0) is 57.5 Å². The number of amides is 1. The van der Waals surface area contributed by atoms with Gasteiger partial charge in [-0.2, -0.15) is 5.26 Å². The molecule has 4 aliphatic rings. The van der Waals surface area contributed by atoms with Gasteiger partial charge in [-0.1, -0.05) is 0 Å². The first-order chi connectivity index (χ1) is 13.5. The van der Waals surface area contributed by atoms with E-state index < -0.39 is 0 Å². The van der Waals surface area contributed by atoms with Crippen LogP contribution in [-0.2, 0) is 4.74 Å². The zero-order valence-corrected chi connectivity index (χ0v) is 17.2. The van der Waals surface area contributed by atoms with Crippen LogP contribution in [0, 0.1) is 22.7 Å². The molecule has 4 rings (SSSR count). The molecule has 3 heterocycles. The first-order valence-corrected chi connectivity index (χ1v) is 10.7. The molecule has 0 radical (unpaired) electrons. The molecule has 1 saturated carbocycles. The monoisotopic (exact) mass is 387 g/mol. The Morgan fingerprint density at radius 3 is 2.68 bits per heavy atom. The molecule has 1 amide bonds. The number of nitriles is 1. The van der Waals surface area contributed by atoms with Crippen LogP contribution < -0.4 is 0 Å². The van der Waals surface area contributed by atoms with Gasteiger partial charge in [0.25, 0.3) is 0 Å². The topological polar surface area (TPSA) is 63.1 Å². The lowest BCUT2D eigenvalue weighted by Gasteiger charge is -2.52. The smallest absolute Gasteiger partial charge is 0.409 e. The Labute approximate surface area is 168 Å². The summed E-state index contributed by atoms with van der Waals surface area (Å²) >= 11 is 0. The molecule has 0 aromatic rings. The van der Waals surface area contributed by atoms with Crippen LogP contribution in [-0.4, -0.2) is 84.3 Å². The van der Waals surface area contributed by atoms with E-state index in [0.29, 0.717) is 36.7 Å². The number of likely N-dealkylation sites (tertiary alicyclic amines) is 2. The Kier molecular flexibility index (Phi) is 5.42. The molecule has 1 atom stereocenters. The Morgan fingerprint density at radius 1 is 1.25 bits per heavy atom. The van der Waals surface area contributed by atoms with Crippen molar-refractivity contribution >= 4 is 6.09 Å². The highest BCUT2D eigenvalue weighted by atomic mass is 16.6. The number of nitrogens with zero attached hydrogens (tertiary/aromatic N) is 5. The summed E-state index contributed by atoms with van der Waals surface area (Å²) in [6.07, 6.45) is 10.3. The number of carbonyl (C=O) groups excluding carboxylic acids is 1. The van der Waals surface area contributed by atoms with Crippen LogP contribution >= 0.6 is 0 Å². The van der Waals surface area contributed by atoms with Gasteiger partial charge in [0, 0.05) is 44.5 Å². The average Bonchev–Trinajstić information content (AvgIpc) is 3.26. The number of piperidine rings is 1. The summed E-state index contributed by atoms with van der Waals surface area (Å²) in [5.74, 6) is 0.615. The third-order valence-corrected chi connectivity index (χ3v) is 7.32. The number of hydrogen-bond acceptors (Lipinski definition) is 6. The zero-order valence-electron chi connectivity index (χ0n) is 17.2. The summed E-state index contributed by atoms with van der Waals surface area (Å²) < 4.78 is 5.17. The quantitative estimate of drug-likeness (QED) is 0.690. The van der Waals surface area contributed by atoms with E-state index in [1.54, 1.807) is 0 Å². The largest absolute Gasteiger partial charge is 0.450 e. The van der Waals surface area contributed by atoms with Crippen molar-refractivity contribution in [2.24, 2.45) is 11.3 Å². The van der Waals surface area contributed by atoms with Gasteiger partial charge in [-0.25, -0.2) is 4.79 Å². The van der Waals surface area contributed by atoms with E-state index in [2.05, 4.69) is 40.2 Å². The first kappa shape index (κ1) is 19.4. The van der Waals surface area contributed by atoms with Crippen molar-refractivity contribution in [3.05, 3.63) is 12.4 Å². The Bertz CT molecular complexity index is 646. The highest BCUT2D eigenvalue weighted by Crippen LogP contribution is 2.50. The second-order valence-electron chi connectivity index (χ2n) is 9.01. The molecule has 1 spiro atoms. The molecule has 1 aliphatic carbocycles. The van der Waals surface area contributed by atoms with Gasteiger partial charge >= 0.3 is 6.09 Å². The minimum Gasteiger partial charge on any atom is -0.450 e. The lowest BCUT2D eigenvalue weighted by molar-refractivity contribution is -0.0224. The fraction of sp³-hybridized carbons (Fsp3) is 0.810. The van der Waals surface area contributed by atoms with Gasteiger partial charge in [0.15, 0.2) is 0 Å². The third kappa shape index (κ3) is 3.55. The maximum atomic E-state index is 12.0. The Morgan fingerprint density at radius 2 is 2.00 bits per heavy atom. The molecule has 2 saturated heterocycles. The summed E-state index contributed by atoms with van der Waals surface area (Å²) in [7, 11) is 2.12. The molecule has 3 aliphatic heterocycles. The Hall–Kier alpha value is -1.94. The van der Waals surface area contributed by atoms with Crippen LogP contribution in [0.1, 0.15) is 39.0 Å². The van der Waals surface area contributed by atoms with E-state index in [1.165, 1.54) is 25.7 Å². The normalized spacial score (nSPS) is 33.4. The molecule has 7 nitrogen and oxygen atoms in total. The van der Waals surface area contributed by atoms with Crippen molar-refractivity contribution in [3.63, 3.8) is 0 Å². The van der Waals surface area contributed by atoms with Crippen LogP contribution in [0.2, 0.25) is 0 Å². The first-order valence-electron chi connectivity index (χ1n) is 10.7. The fourth-order valence-corrected chi connectivity index (χ4v) is 5.85. The minimum atomic E-state index is -0.139. The van der Waals surface area contributed by atoms with Crippen molar-refractivity contribution in [2.45, 2.75) is 51.2 Å². The molecule has 0 aromatic carbocycles. The van der Waals surface area contributed by atoms with Crippen LogP contribution in [0.15, 0.2) is 12.4 Å². The van der Waals surface area contributed by atoms with Gasteiger partial charge in [0.05, 0.1) is 12.7 Å². The van der Waals surface area contributed by atoms with Crippen LogP contribution in [0.4, 0.5) is 4.79 Å². The lowest BCUT2D eigenvalue weighted by atomic mass is 9.64. The molecule has 7 heteroatoms. The van der Waals surface area contributed by atoms with Crippen molar-refractivity contribution in [1.82, 2.24) is 19.6 Å². The average molecular weight is 388 g/mol. The molecular weight excluding hydrogens is 354 g/mol. The standard InChI is InChI=1S/C21H33N5O2/c1-3-28-20(27)26-10-6-21(16-26)14-18(15-21)24-8-4-17(5-9-24)19-23(2)12-13-25(19)11-7-22/h12-13,17-19H,3-6,8-11,14-16H2,1-2H3. The van der Waals surface area contributed by atoms with E-state index >= 15 is 0 Å². The minimum absolute atomic E-state index is 0.139. The van der Waals surface area contributed by atoms with E-state index in [-0.39, 0.29) is 6.09 Å². The summed E-state index contributed by atoms with van der Waals surface area (Å²) in [6, 6.07) is 2.97. The maximum absolute atomic E-state index is 12.0. The zero-order chi connectivity index (χ0) is 19.7. The van der Waals surface area contributed by atoms with Crippen LogP contribution in [0.3, 0.4) is 0 Å². The van der Waals surface area contributed by atoms with Crippen LogP contribution in [0.5, 0.6) is 0 Å². The molecular formula is C21H33N5O2. The lowest BCUT2D eigenvalue weighted by Crippen LogP contribution is -2.55. The number of carbonyl (C=O) groups is 1. The molecule has 0 N–H and O–H groups in total. The Balaban J connectivity index is 1.24. The van der Waals surface area contributed by atoms with Gasteiger partial charge in [0.2, 0.25) is 0 Å². The van der Waals surface area contributed by atoms with E-state index in [9.17, 15) is 4.79 Å². The predicted octanol–water partition coefficient (Wildman–Crippen LogP) is 2.28. The third-order valence-electron chi connectivity index (χ3n) is 7.32. The molecule has 28 heavy (non-hydrogen) atoms. The molecule has 1 unspecified atom stereocenters. The van der Waals surface area contributed by atoms with Gasteiger partial charge in [0.1, 0.15) is 12.7 Å². The van der Waals surface area contributed by atoms with Crippen molar-refractivity contribution in [1.29, 1.82) is 5.26 Å². The SMILES string of the molecule is CCOC(=O)N1CCC2(CC(N3CCC(C4N(C)C=CN4CC#N)CC3)C2)C1. The van der Waals surface area contributed by atoms with E-state index in [0.717, 1.165) is 32.6 Å². The number of ether oxygens (including phenoxy) is 1. The van der Waals surface area contributed by atoms with Crippen molar-refractivity contribution < 1.29 is 9.53 Å². The van der Waals surface area contributed by atoms with Gasteiger partial charge < -0.3 is 24.3 Å².